The van der Waals surface area contributed by atoms with Crippen molar-refractivity contribution < 1.29 is 14.3 Å². The highest BCUT2D eigenvalue weighted by atomic mass is 16.5. The fourth-order valence-corrected chi connectivity index (χ4v) is 3.89. The van der Waals surface area contributed by atoms with E-state index in [1.165, 1.54) is 0 Å². The average Bonchev–Trinajstić information content (AvgIpc) is 2.78. The maximum absolute atomic E-state index is 13.5. The van der Waals surface area contributed by atoms with Gasteiger partial charge in [-0.3, -0.25) is 9.59 Å². The van der Waals surface area contributed by atoms with Crippen molar-refractivity contribution in [2.24, 2.45) is 5.92 Å². The summed E-state index contributed by atoms with van der Waals surface area (Å²) in [6, 6.07) is 16.4. The van der Waals surface area contributed by atoms with Gasteiger partial charge in [0.2, 0.25) is 5.91 Å². The summed E-state index contributed by atoms with van der Waals surface area (Å²) in [7, 11) is 1.70. The fraction of sp³-hybridized carbons (Fsp3) is 0.407. The van der Waals surface area contributed by atoms with Crippen molar-refractivity contribution in [2.75, 3.05) is 7.05 Å². The number of fused-ring (bicyclic) bond motifs is 1. The minimum absolute atomic E-state index is 0.00743. The fourth-order valence-electron chi connectivity index (χ4n) is 3.89. The average molecular weight is 435 g/mol. The number of para-hydroxylation sites is 1. The largest absolute Gasteiger partial charge is 0.490 e. The molecule has 1 heterocycles. The number of ether oxygens (including phenoxy) is 1. The Labute approximate surface area is 191 Å². The molecule has 5 heteroatoms. The number of hydrogen-bond donors (Lipinski definition) is 1. The summed E-state index contributed by atoms with van der Waals surface area (Å²) < 4.78 is 6.11. The molecule has 0 spiro atoms. The van der Waals surface area contributed by atoms with Crippen molar-refractivity contribution in [1.29, 1.82) is 0 Å². The van der Waals surface area contributed by atoms with Gasteiger partial charge in [0.25, 0.3) is 5.91 Å². The Morgan fingerprint density at radius 2 is 1.66 bits per heavy atom. The molecule has 0 saturated heterocycles. The van der Waals surface area contributed by atoms with Gasteiger partial charge in [-0.2, -0.15) is 0 Å². The maximum Gasteiger partial charge on any atom is 0.258 e. The zero-order chi connectivity index (χ0) is 23.1. The number of carbonyl (C=O) groups is 2. The maximum atomic E-state index is 13.5. The number of hydrogen-bond acceptors (Lipinski definition) is 3. The Bertz CT molecular complexity index is 939. The van der Waals surface area contributed by atoms with Crippen molar-refractivity contribution in [3.8, 4) is 5.75 Å². The lowest BCUT2D eigenvalue weighted by Gasteiger charge is -2.31. The molecule has 5 nitrogen and oxygen atoms in total. The molecule has 3 atom stereocenters. The molecule has 1 aliphatic heterocycles. The topological polar surface area (TPSA) is 58.6 Å². The molecule has 32 heavy (non-hydrogen) atoms. The quantitative estimate of drug-likeness (QED) is 0.717. The predicted molar refractivity (Wildman–Crippen MR) is 128 cm³/mol. The van der Waals surface area contributed by atoms with Gasteiger partial charge in [0.15, 0.2) is 0 Å². The number of rotatable bonds is 3. The van der Waals surface area contributed by atoms with E-state index in [1.807, 2.05) is 55.5 Å². The van der Waals surface area contributed by atoms with Crippen molar-refractivity contribution in [1.82, 2.24) is 10.2 Å². The van der Waals surface area contributed by atoms with Crippen molar-refractivity contribution in [2.45, 2.75) is 58.2 Å². The minimum atomic E-state index is -0.636. The number of nitrogens with one attached hydrogen (secondary N) is 1. The van der Waals surface area contributed by atoms with Crippen LogP contribution in [0, 0.1) is 5.92 Å². The predicted octanol–water partition coefficient (Wildman–Crippen LogP) is 4.63. The van der Waals surface area contributed by atoms with E-state index < -0.39 is 6.04 Å². The van der Waals surface area contributed by atoms with Crippen LogP contribution in [0.5, 0.6) is 5.75 Å². The summed E-state index contributed by atoms with van der Waals surface area (Å²) >= 11 is 0. The second kappa shape index (κ2) is 11.0. The van der Waals surface area contributed by atoms with Crippen molar-refractivity contribution in [3.63, 3.8) is 0 Å². The van der Waals surface area contributed by atoms with Gasteiger partial charge < -0.3 is 15.0 Å². The zero-order valence-corrected chi connectivity index (χ0v) is 19.5. The molecular formula is C27H34N2O3. The summed E-state index contributed by atoms with van der Waals surface area (Å²) in [6.07, 6.45) is 6.05. The highest BCUT2D eigenvalue weighted by molar-refractivity contribution is 5.99. The summed E-state index contributed by atoms with van der Waals surface area (Å²) in [5, 5.41) is 3.21. The lowest BCUT2D eigenvalue weighted by molar-refractivity contribution is -0.126. The lowest BCUT2D eigenvalue weighted by Crippen LogP contribution is -2.52. The molecule has 2 amide bonds. The normalized spacial score (nSPS) is 23.7. The van der Waals surface area contributed by atoms with E-state index in [4.69, 9.17) is 4.74 Å². The first-order chi connectivity index (χ1) is 15.4. The highest BCUT2D eigenvalue weighted by Crippen LogP contribution is 2.24. The molecule has 3 rings (SSSR count). The van der Waals surface area contributed by atoms with E-state index in [0.717, 1.165) is 18.4 Å². The van der Waals surface area contributed by atoms with Crippen LogP contribution in [0.4, 0.5) is 0 Å². The molecule has 1 aliphatic rings. The van der Waals surface area contributed by atoms with Gasteiger partial charge in [-0.05, 0) is 37.0 Å². The standard InChI is InChI=1S/C27H34N2O3/c1-19(2)23-16-10-8-12-20(3)32-25-17-11-9-15-22(25)27(31)29(4)24(26(30)28-23)18-21-13-6-5-7-14-21/h5-11,13-15,17,19-20,23-24H,12,16,18H2,1-4H3,(H,28,30)/b10-8+/t20-,23+,24-/m0/s1. The summed E-state index contributed by atoms with van der Waals surface area (Å²) in [4.78, 5) is 28.5. The third-order valence-electron chi connectivity index (χ3n) is 5.97. The van der Waals surface area contributed by atoms with Crippen LogP contribution in [-0.4, -0.2) is 41.9 Å². The van der Waals surface area contributed by atoms with Gasteiger partial charge in [-0.25, -0.2) is 0 Å². The molecule has 0 aromatic heterocycles. The first kappa shape index (κ1) is 23.6. The Morgan fingerprint density at radius 3 is 2.38 bits per heavy atom. The van der Waals surface area contributed by atoms with Crippen molar-refractivity contribution in [3.05, 3.63) is 77.9 Å². The van der Waals surface area contributed by atoms with Gasteiger partial charge in [-0.1, -0.05) is 68.5 Å². The monoisotopic (exact) mass is 434 g/mol. The van der Waals surface area contributed by atoms with E-state index in [-0.39, 0.29) is 29.9 Å². The summed E-state index contributed by atoms with van der Waals surface area (Å²) in [5.74, 6) is 0.448. The minimum Gasteiger partial charge on any atom is -0.490 e. The van der Waals surface area contributed by atoms with Crippen LogP contribution in [0.3, 0.4) is 0 Å². The molecule has 2 aromatic rings. The number of amides is 2. The Balaban J connectivity index is 2.00. The smallest absolute Gasteiger partial charge is 0.258 e. The molecule has 2 aromatic carbocycles. The van der Waals surface area contributed by atoms with Gasteiger partial charge in [0.1, 0.15) is 11.8 Å². The highest BCUT2D eigenvalue weighted by Gasteiger charge is 2.31. The van der Waals surface area contributed by atoms with Crippen LogP contribution >= 0.6 is 0 Å². The van der Waals surface area contributed by atoms with Gasteiger partial charge in [0.05, 0.1) is 11.7 Å². The number of nitrogens with zero attached hydrogens (tertiary/aromatic N) is 1. The van der Waals surface area contributed by atoms with Crippen LogP contribution in [0.2, 0.25) is 0 Å². The van der Waals surface area contributed by atoms with E-state index in [0.29, 0.717) is 17.7 Å². The second-order valence-corrected chi connectivity index (χ2v) is 8.85. The van der Waals surface area contributed by atoms with Gasteiger partial charge in [0, 0.05) is 25.9 Å². The Kier molecular flexibility index (Phi) is 8.09. The zero-order valence-electron chi connectivity index (χ0n) is 19.5. The first-order valence-corrected chi connectivity index (χ1v) is 11.4. The molecule has 0 aliphatic carbocycles. The molecule has 1 N–H and O–H groups in total. The lowest BCUT2D eigenvalue weighted by atomic mass is 9.98. The van der Waals surface area contributed by atoms with Crippen LogP contribution in [-0.2, 0) is 11.2 Å². The van der Waals surface area contributed by atoms with Crippen LogP contribution in [0.1, 0.15) is 49.5 Å². The van der Waals surface area contributed by atoms with Crippen molar-refractivity contribution >= 4 is 11.8 Å². The Hall–Kier alpha value is -3.08. The molecule has 0 unspecified atom stereocenters. The van der Waals surface area contributed by atoms with Gasteiger partial charge in [-0.15, -0.1) is 0 Å². The van der Waals surface area contributed by atoms with E-state index in [9.17, 15) is 9.59 Å². The number of carbonyl (C=O) groups excluding carboxylic acids is 2. The van der Waals surface area contributed by atoms with E-state index in [1.54, 1.807) is 18.0 Å². The van der Waals surface area contributed by atoms with E-state index >= 15 is 0 Å². The van der Waals surface area contributed by atoms with Crippen LogP contribution < -0.4 is 10.1 Å². The van der Waals surface area contributed by atoms with Gasteiger partial charge >= 0.3 is 0 Å². The van der Waals surface area contributed by atoms with Crippen LogP contribution in [0.15, 0.2) is 66.7 Å². The molecular weight excluding hydrogens is 400 g/mol. The number of likely N-dealkylation sites (N-methyl/N-ethyl adjacent to an activating group) is 1. The third kappa shape index (κ3) is 6.00. The van der Waals surface area contributed by atoms with E-state index in [2.05, 4.69) is 31.3 Å². The number of benzene rings is 2. The SMILES string of the molecule is CC(C)[C@H]1C/C=C/C[C@H](C)Oc2ccccc2C(=O)N(C)[C@@H](Cc2ccccc2)C(=O)N1. The summed E-state index contributed by atoms with van der Waals surface area (Å²) in [5.41, 5.74) is 1.47. The second-order valence-electron chi connectivity index (χ2n) is 8.85. The van der Waals surface area contributed by atoms with Crippen LogP contribution in [0.25, 0.3) is 0 Å². The molecule has 0 bridgehead atoms. The summed E-state index contributed by atoms with van der Waals surface area (Å²) in [6.45, 7) is 6.21. The Morgan fingerprint density at radius 1 is 1.00 bits per heavy atom. The first-order valence-electron chi connectivity index (χ1n) is 11.4. The molecule has 0 fully saturated rings. The molecule has 0 radical (unpaired) electrons. The molecule has 170 valence electrons. The molecule has 0 saturated carbocycles. The third-order valence-corrected chi connectivity index (χ3v) is 5.97.